The third-order valence-electron chi connectivity index (χ3n) is 13.1. The first-order valence-electron chi connectivity index (χ1n) is 21.8. The second-order valence-electron chi connectivity index (χ2n) is 16.5. The van der Waals surface area contributed by atoms with Crippen LogP contribution >= 0.6 is 0 Å². The van der Waals surface area contributed by atoms with Crippen molar-refractivity contribution >= 4 is 38.9 Å². The van der Waals surface area contributed by atoms with Crippen molar-refractivity contribution in [3.8, 4) is 39.1 Å². The summed E-state index contributed by atoms with van der Waals surface area (Å²) in [6.45, 7) is 0. The lowest BCUT2D eigenvalue weighted by molar-refractivity contribution is 0.767. The molecule has 0 unspecified atom stereocenters. The van der Waals surface area contributed by atoms with Crippen molar-refractivity contribution in [2.24, 2.45) is 0 Å². The SMILES string of the molecule is c1ccc(-c2ccc(N(c3ccccc3)c3ccc(-c4ccc5c(c4)c4ccccc4n5-c4ccc5c(c4)C(c4ccccc4)(c4ccccc4)c4ccccc4-5)cc3)cc2)cc1. The van der Waals surface area contributed by atoms with Crippen LogP contribution in [0.2, 0.25) is 0 Å². The van der Waals surface area contributed by atoms with Gasteiger partial charge in [0.05, 0.1) is 16.4 Å². The van der Waals surface area contributed by atoms with Crippen LogP contribution in [-0.2, 0) is 5.41 Å². The first kappa shape index (κ1) is 36.6. The zero-order chi connectivity index (χ0) is 41.7. The fourth-order valence-electron chi connectivity index (χ4n) is 10.3. The molecule has 296 valence electrons. The van der Waals surface area contributed by atoms with Gasteiger partial charge in [0.1, 0.15) is 0 Å². The van der Waals surface area contributed by atoms with Crippen LogP contribution in [0.15, 0.2) is 255 Å². The summed E-state index contributed by atoms with van der Waals surface area (Å²) in [6, 6.07) is 93.1. The van der Waals surface area contributed by atoms with Crippen LogP contribution in [0.5, 0.6) is 0 Å². The van der Waals surface area contributed by atoms with E-state index in [0.717, 1.165) is 22.7 Å². The average molecular weight is 803 g/mol. The largest absolute Gasteiger partial charge is 0.311 e. The summed E-state index contributed by atoms with van der Waals surface area (Å²) >= 11 is 0. The number of fused-ring (bicyclic) bond motifs is 6. The molecule has 0 amide bonds. The summed E-state index contributed by atoms with van der Waals surface area (Å²) in [4.78, 5) is 2.33. The van der Waals surface area contributed by atoms with Crippen LogP contribution < -0.4 is 4.90 Å². The molecule has 1 aliphatic carbocycles. The van der Waals surface area contributed by atoms with E-state index in [9.17, 15) is 0 Å². The number of aromatic nitrogens is 1. The molecule has 0 atom stereocenters. The molecule has 0 saturated carbocycles. The van der Waals surface area contributed by atoms with E-state index in [1.165, 1.54) is 77.4 Å². The maximum absolute atomic E-state index is 2.46. The Morgan fingerprint density at radius 1 is 0.302 bits per heavy atom. The number of hydrogen-bond donors (Lipinski definition) is 0. The highest BCUT2D eigenvalue weighted by molar-refractivity contribution is 6.10. The maximum Gasteiger partial charge on any atom is 0.0714 e. The lowest BCUT2D eigenvalue weighted by Crippen LogP contribution is -2.28. The second-order valence-corrected chi connectivity index (χ2v) is 16.5. The molecule has 1 aromatic heterocycles. The zero-order valence-corrected chi connectivity index (χ0v) is 34.6. The first-order chi connectivity index (χ1) is 31.3. The van der Waals surface area contributed by atoms with Gasteiger partial charge in [-0.25, -0.2) is 0 Å². The number of benzene rings is 10. The van der Waals surface area contributed by atoms with E-state index in [-0.39, 0.29) is 0 Å². The third-order valence-corrected chi connectivity index (χ3v) is 13.1. The number of rotatable bonds is 8. The van der Waals surface area contributed by atoms with Gasteiger partial charge in [-0.05, 0) is 122 Å². The van der Waals surface area contributed by atoms with E-state index in [0.29, 0.717) is 0 Å². The molecule has 10 aromatic carbocycles. The van der Waals surface area contributed by atoms with Crippen molar-refractivity contribution in [1.82, 2.24) is 4.57 Å². The predicted octanol–water partition coefficient (Wildman–Crippen LogP) is 16.0. The van der Waals surface area contributed by atoms with Crippen molar-refractivity contribution < 1.29 is 0 Å². The van der Waals surface area contributed by atoms with Gasteiger partial charge in [0.15, 0.2) is 0 Å². The highest BCUT2D eigenvalue weighted by atomic mass is 15.1. The van der Waals surface area contributed by atoms with Gasteiger partial charge in [0, 0.05) is 33.5 Å². The Balaban J connectivity index is 0.961. The zero-order valence-electron chi connectivity index (χ0n) is 34.6. The van der Waals surface area contributed by atoms with Gasteiger partial charge in [0.2, 0.25) is 0 Å². The van der Waals surface area contributed by atoms with Gasteiger partial charge >= 0.3 is 0 Å². The fourth-order valence-corrected chi connectivity index (χ4v) is 10.3. The molecular weight excluding hydrogens is 761 g/mol. The second kappa shape index (κ2) is 15.1. The standard InChI is InChI=1S/C61H42N2/c1-5-17-43(18-6-1)44-29-34-50(35-30-44)62(49-23-11-4-12-24-49)51-36-31-45(32-37-51)46-33-40-60-56(41-46)55-26-14-16-28-59(55)63(60)52-38-39-54-53-25-13-15-27-57(53)61(58(54)42-52,47-19-7-2-8-20-47)48-21-9-3-10-22-48/h1-42H. The van der Waals surface area contributed by atoms with E-state index in [1.54, 1.807) is 0 Å². The van der Waals surface area contributed by atoms with E-state index < -0.39 is 5.41 Å². The molecule has 0 bridgehead atoms. The number of para-hydroxylation sites is 2. The number of hydrogen-bond acceptors (Lipinski definition) is 1. The minimum absolute atomic E-state index is 0.468. The molecule has 1 aliphatic rings. The molecule has 1 heterocycles. The highest BCUT2D eigenvalue weighted by Crippen LogP contribution is 2.56. The number of anilines is 3. The molecule has 2 nitrogen and oxygen atoms in total. The van der Waals surface area contributed by atoms with E-state index >= 15 is 0 Å². The molecule has 0 aliphatic heterocycles. The minimum Gasteiger partial charge on any atom is -0.311 e. The summed E-state index contributed by atoms with van der Waals surface area (Å²) in [5, 5.41) is 2.47. The van der Waals surface area contributed by atoms with Crippen LogP contribution in [0.1, 0.15) is 22.3 Å². The van der Waals surface area contributed by atoms with Crippen molar-refractivity contribution in [2.75, 3.05) is 4.90 Å². The molecule has 12 rings (SSSR count). The first-order valence-corrected chi connectivity index (χ1v) is 21.8. The summed E-state index contributed by atoms with van der Waals surface area (Å²) in [5.41, 5.74) is 18.9. The van der Waals surface area contributed by atoms with Crippen molar-refractivity contribution in [1.29, 1.82) is 0 Å². The normalized spacial score (nSPS) is 12.6. The van der Waals surface area contributed by atoms with Gasteiger partial charge < -0.3 is 9.47 Å². The van der Waals surface area contributed by atoms with Gasteiger partial charge in [-0.1, -0.05) is 188 Å². The van der Waals surface area contributed by atoms with Crippen LogP contribution in [0, 0.1) is 0 Å². The lowest BCUT2D eigenvalue weighted by atomic mass is 9.67. The Morgan fingerprint density at radius 3 is 1.44 bits per heavy atom. The van der Waals surface area contributed by atoms with Crippen LogP contribution in [-0.4, -0.2) is 4.57 Å². The summed E-state index contributed by atoms with van der Waals surface area (Å²) in [7, 11) is 0. The number of nitrogens with zero attached hydrogens (tertiary/aromatic N) is 2. The molecule has 0 spiro atoms. The third kappa shape index (κ3) is 5.95. The Morgan fingerprint density at radius 2 is 0.778 bits per heavy atom. The lowest BCUT2D eigenvalue weighted by Gasteiger charge is -2.34. The summed E-state index contributed by atoms with van der Waals surface area (Å²) in [5.74, 6) is 0. The van der Waals surface area contributed by atoms with Crippen molar-refractivity contribution in [3.63, 3.8) is 0 Å². The Labute approximate surface area is 368 Å². The molecule has 0 fully saturated rings. The molecule has 0 saturated heterocycles. The fraction of sp³-hybridized carbons (Fsp3) is 0.0164. The van der Waals surface area contributed by atoms with Crippen LogP contribution in [0.25, 0.3) is 60.9 Å². The quantitative estimate of drug-likeness (QED) is 0.149. The maximum atomic E-state index is 2.46. The van der Waals surface area contributed by atoms with Crippen LogP contribution in [0.4, 0.5) is 17.1 Å². The smallest absolute Gasteiger partial charge is 0.0714 e. The van der Waals surface area contributed by atoms with E-state index in [4.69, 9.17) is 0 Å². The Bertz CT molecular complexity index is 3370. The molecule has 63 heavy (non-hydrogen) atoms. The minimum atomic E-state index is -0.468. The van der Waals surface area contributed by atoms with E-state index in [1.807, 2.05) is 0 Å². The highest BCUT2D eigenvalue weighted by Gasteiger charge is 2.46. The monoisotopic (exact) mass is 802 g/mol. The topological polar surface area (TPSA) is 8.17 Å². The Kier molecular flexibility index (Phi) is 8.76. The summed E-state index contributed by atoms with van der Waals surface area (Å²) in [6.07, 6.45) is 0. The molecular formula is C61H42N2. The molecule has 0 N–H and O–H groups in total. The summed E-state index contributed by atoms with van der Waals surface area (Å²) < 4.78 is 2.46. The van der Waals surface area contributed by atoms with E-state index in [2.05, 4.69) is 264 Å². The molecule has 11 aromatic rings. The van der Waals surface area contributed by atoms with Gasteiger partial charge in [0.25, 0.3) is 0 Å². The molecule has 2 heteroatoms. The Hall–Kier alpha value is -8.20. The average Bonchev–Trinajstić information content (AvgIpc) is 3.86. The van der Waals surface area contributed by atoms with Gasteiger partial charge in [-0.2, -0.15) is 0 Å². The van der Waals surface area contributed by atoms with Crippen molar-refractivity contribution in [3.05, 3.63) is 277 Å². The predicted molar refractivity (Wildman–Crippen MR) is 264 cm³/mol. The molecule has 0 radical (unpaired) electrons. The van der Waals surface area contributed by atoms with Crippen molar-refractivity contribution in [2.45, 2.75) is 5.41 Å². The van der Waals surface area contributed by atoms with Gasteiger partial charge in [-0.15, -0.1) is 0 Å². The van der Waals surface area contributed by atoms with Crippen LogP contribution in [0.3, 0.4) is 0 Å². The van der Waals surface area contributed by atoms with Gasteiger partial charge in [-0.3, -0.25) is 0 Å².